The molecule has 1 aliphatic carbocycles. The fourth-order valence-electron chi connectivity index (χ4n) is 2.00. The largest absolute Gasteiger partial charge is 0.235 e. The van der Waals surface area contributed by atoms with Gasteiger partial charge in [0.2, 0.25) is 6.08 Å². The van der Waals surface area contributed by atoms with Gasteiger partial charge in [0.25, 0.3) is 0 Å². The standard InChI is InChI=1S/C11H8ClF2NO/c12-7-4-8(13)10(9(14)5-7)11(15-6-16)2-1-3-11/h4-5H,1-3H2. The Morgan fingerprint density at radius 1 is 1.31 bits per heavy atom. The average molecular weight is 244 g/mol. The molecule has 16 heavy (non-hydrogen) atoms. The van der Waals surface area contributed by atoms with Crippen LogP contribution in [0.15, 0.2) is 17.1 Å². The Kier molecular flexibility index (Phi) is 2.78. The number of aliphatic imine (C=N–C) groups is 1. The zero-order chi connectivity index (χ0) is 11.8. The molecule has 0 atom stereocenters. The van der Waals surface area contributed by atoms with Crippen molar-refractivity contribution in [3.8, 4) is 0 Å². The van der Waals surface area contributed by atoms with Crippen LogP contribution in [0.2, 0.25) is 5.02 Å². The third-order valence-electron chi connectivity index (χ3n) is 2.91. The van der Waals surface area contributed by atoms with Crippen molar-refractivity contribution in [2.75, 3.05) is 0 Å². The van der Waals surface area contributed by atoms with Gasteiger partial charge in [0.1, 0.15) is 17.2 Å². The van der Waals surface area contributed by atoms with E-state index in [-0.39, 0.29) is 10.6 Å². The van der Waals surface area contributed by atoms with Crippen LogP contribution in [0.1, 0.15) is 24.8 Å². The molecule has 1 aromatic rings. The lowest BCUT2D eigenvalue weighted by atomic mass is 9.72. The first-order valence-electron chi connectivity index (χ1n) is 4.83. The van der Waals surface area contributed by atoms with Gasteiger partial charge in [-0.3, -0.25) is 0 Å². The highest BCUT2D eigenvalue weighted by Gasteiger charge is 2.43. The SMILES string of the molecule is O=C=NC1(c2c(F)cc(Cl)cc2F)CCC1. The van der Waals surface area contributed by atoms with Crippen molar-refractivity contribution in [2.45, 2.75) is 24.8 Å². The van der Waals surface area contributed by atoms with Crippen molar-refractivity contribution in [3.63, 3.8) is 0 Å². The van der Waals surface area contributed by atoms with Crippen molar-refractivity contribution in [1.82, 2.24) is 0 Å². The maximum absolute atomic E-state index is 13.6. The van der Waals surface area contributed by atoms with Gasteiger partial charge in [0, 0.05) is 5.02 Å². The van der Waals surface area contributed by atoms with Gasteiger partial charge in [-0.25, -0.2) is 13.6 Å². The molecular formula is C11H8ClF2NO. The monoisotopic (exact) mass is 243 g/mol. The molecule has 0 N–H and O–H groups in total. The number of halogens is 3. The lowest BCUT2D eigenvalue weighted by Crippen LogP contribution is -2.34. The van der Waals surface area contributed by atoms with Crippen LogP contribution in [0.5, 0.6) is 0 Å². The van der Waals surface area contributed by atoms with Crippen LogP contribution in [-0.2, 0) is 10.3 Å². The van der Waals surface area contributed by atoms with E-state index in [0.717, 1.165) is 18.6 Å². The molecule has 0 aromatic heterocycles. The Morgan fingerprint density at radius 2 is 1.88 bits per heavy atom. The molecule has 1 fully saturated rings. The van der Waals surface area contributed by atoms with E-state index >= 15 is 0 Å². The maximum Gasteiger partial charge on any atom is 0.235 e. The summed E-state index contributed by atoms with van der Waals surface area (Å²) in [5.74, 6) is -1.52. The summed E-state index contributed by atoms with van der Waals surface area (Å²) < 4.78 is 27.3. The Bertz CT molecular complexity index is 456. The van der Waals surface area contributed by atoms with Crippen LogP contribution in [0.25, 0.3) is 0 Å². The van der Waals surface area contributed by atoms with Crippen molar-refractivity contribution in [3.05, 3.63) is 34.4 Å². The smallest absolute Gasteiger partial charge is 0.211 e. The number of hydrogen-bond donors (Lipinski definition) is 0. The molecule has 1 aliphatic rings. The summed E-state index contributed by atoms with van der Waals surface area (Å²) in [5, 5.41) is -0.0108. The average Bonchev–Trinajstić information content (AvgIpc) is 2.12. The predicted octanol–water partition coefficient (Wildman–Crippen LogP) is 3.33. The predicted molar refractivity (Wildman–Crippen MR) is 55.0 cm³/mol. The van der Waals surface area contributed by atoms with E-state index in [1.807, 2.05) is 0 Å². The molecular weight excluding hydrogens is 236 g/mol. The number of isocyanates is 1. The molecule has 0 aliphatic heterocycles. The molecule has 2 rings (SSSR count). The molecule has 0 amide bonds. The maximum atomic E-state index is 13.6. The van der Waals surface area contributed by atoms with Crippen LogP contribution in [0, 0.1) is 11.6 Å². The summed E-state index contributed by atoms with van der Waals surface area (Å²) in [4.78, 5) is 13.9. The van der Waals surface area contributed by atoms with E-state index in [1.54, 1.807) is 0 Å². The molecule has 0 saturated heterocycles. The van der Waals surface area contributed by atoms with E-state index in [9.17, 15) is 13.6 Å². The third-order valence-corrected chi connectivity index (χ3v) is 3.13. The first-order valence-corrected chi connectivity index (χ1v) is 5.21. The number of carbonyl (C=O) groups excluding carboxylic acids is 1. The summed E-state index contributed by atoms with van der Waals surface area (Å²) in [7, 11) is 0. The molecule has 84 valence electrons. The highest BCUT2D eigenvalue weighted by Crippen LogP contribution is 2.46. The number of rotatable bonds is 2. The normalized spacial score (nSPS) is 17.4. The van der Waals surface area contributed by atoms with Crippen LogP contribution in [0.3, 0.4) is 0 Å². The van der Waals surface area contributed by atoms with Crippen molar-refractivity contribution < 1.29 is 13.6 Å². The molecule has 0 unspecified atom stereocenters. The molecule has 1 saturated carbocycles. The zero-order valence-electron chi connectivity index (χ0n) is 8.27. The van der Waals surface area contributed by atoms with Crippen LogP contribution in [-0.4, -0.2) is 6.08 Å². The second-order valence-corrected chi connectivity index (χ2v) is 4.27. The summed E-state index contributed by atoms with van der Waals surface area (Å²) in [6, 6.07) is 2.06. The lowest BCUT2D eigenvalue weighted by molar-refractivity contribution is 0.238. The Labute approximate surface area is 95.9 Å². The first kappa shape index (κ1) is 11.2. The van der Waals surface area contributed by atoms with Crippen molar-refractivity contribution >= 4 is 17.7 Å². The summed E-state index contributed by atoms with van der Waals surface area (Å²) in [5.41, 5.74) is -1.24. The second kappa shape index (κ2) is 3.96. The van der Waals surface area contributed by atoms with E-state index in [0.29, 0.717) is 12.8 Å². The Balaban J connectivity index is 2.58. The van der Waals surface area contributed by atoms with Crippen LogP contribution in [0.4, 0.5) is 8.78 Å². The fourth-order valence-corrected chi connectivity index (χ4v) is 2.20. The second-order valence-electron chi connectivity index (χ2n) is 3.83. The molecule has 0 spiro atoms. The van der Waals surface area contributed by atoms with Gasteiger partial charge in [-0.15, -0.1) is 0 Å². The molecule has 0 heterocycles. The molecule has 5 heteroatoms. The quantitative estimate of drug-likeness (QED) is 0.579. The van der Waals surface area contributed by atoms with E-state index in [1.165, 1.54) is 6.08 Å². The minimum atomic E-state index is -1.07. The van der Waals surface area contributed by atoms with Gasteiger partial charge in [0.15, 0.2) is 0 Å². The van der Waals surface area contributed by atoms with Crippen molar-refractivity contribution in [1.29, 1.82) is 0 Å². The summed E-state index contributed by atoms with van der Waals surface area (Å²) in [6.07, 6.45) is 3.08. The van der Waals surface area contributed by atoms with Gasteiger partial charge in [0.05, 0.1) is 5.56 Å². The van der Waals surface area contributed by atoms with E-state index in [4.69, 9.17) is 11.6 Å². The molecule has 1 aromatic carbocycles. The van der Waals surface area contributed by atoms with Crippen LogP contribution < -0.4 is 0 Å². The summed E-state index contributed by atoms with van der Waals surface area (Å²) >= 11 is 5.52. The fraction of sp³-hybridized carbons (Fsp3) is 0.364. The highest BCUT2D eigenvalue weighted by atomic mass is 35.5. The molecule has 0 bridgehead atoms. The minimum absolute atomic E-state index is 0.0108. The van der Waals surface area contributed by atoms with Gasteiger partial charge >= 0.3 is 0 Å². The number of benzene rings is 1. The molecule has 0 radical (unpaired) electrons. The van der Waals surface area contributed by atoms with Gasteiger partial charge in [-0.2, -0.15) is 4.99 Å². The Hall–Kier alpha value is -1.25. The van der Waals surface area contributed by atoms with Gasteiger partial charge in [-0.05, 0) is 31.4 Å². The summed E-state index contributed by atoms with van der Waals surface area (Å²) in [6.45, 7) is 0. The Morgan fingerprint density at radius 3 is 2.25 bits per heavy atom. The lowest BCUT2D eigenvalue weighted by Gasteiger charge is -2.37. The topological polar surface area (TPSA) is 29.4 Å². The van der Waals surface area contributed by atoms with E-state index < -0.39 is 17.2 Å². The first-order chi connectivity index (χ1) is 7.59. The molecule has 2 nitrogen and oxygen atoms in total. The number of nitrogens with zero attached hydrogens (tertiary/aromatic N) is 1. The highest BCUT2D eigenvalue weighted by molar-refractivity contribution is 6.30. The van der Waals surface area contributed by atoms with E-state index in [2.05, 4.69) is 4.99 Å². The van der Waals surface area contributed by atoms with Crippen LogP contribution >= 0.6 is 11.6 Å². The zero-order valence-corrected chi connectivity index (χ0v) is 9.02. The number of hydrogen-bond acceptors (Lipinski definition) is 2. The van der Waals surface area contributed by atoms with Crippen molar-refractivity contribution in [2.24, 2.45) is 4.99 Å². The van der Waals surface area contributed by atoms with Gasteiger partial charge < -0.3 is 0 Å². The minimum Gasteiger partial charge on any atom is -0.211 e. The van der Waals surface area contributed by atoms with Gasteiger partial charge in [-0.1, -0.05) is 11.6 Å². The third kappa shape index (κ3) is 1.64.